The highest BCUT2D eigenvalue weighted by atomic mass is 16.5. The molecule has 0 bridgehead atoms. The minimum atomic E-state index is 0.568. The summed E-state index contributed by atoms with van der Waals surface area (Å²) in [6, 6.07) is 6.25. The fraction of sp³-hybridized carbons (Fsp3) is 0.357. The van der Waals surface area contributed by atoms with Gasteiger partial charge in [-0.05, 0) is 38.0 Å². The molecule has 0 spiro atoms. The highest BCUT2D eigenvalue weighted by Crippen LogP contribution is 2.20. The summed E-state index contributed by atoms with van der Waals surface area (Å²) in [5.41, 5.74) is 3.49. The first kappa shape index (κ1) is 11.7. The van der Waals surface area contributed by atoms with Crippen LogP contribution in [0.25, 0.3) is 0 Å². The lowest BCUT2D eigenvalue weighted by Gasteiger charge is -2.10. The van der Waals surface area contributed by atoms with Gasteiger partial charge in [0.25, 0.3) is 0 Å². The molecule has 0 saturated heterocycles. The van der Waals surface area contributed by atoms with Crippen LogP contribution in [0.2, 0.25) is 0 Å². The largest absolute Gasteiger partial charge is 0.487 e. The molecule has 0 unspecified atom stereocenters. The minimum absolute atomic E-state index is 0.568. The van der Waals surface area contributed by atoms with Gasteiger partial charge in [-0.2, -0.15) is 0 Å². The first-order valence-electron chi connectivity index (χ1n) is 5.89. The van der Waals surface area contributed by atoms with Crippen molar-refractivity contribution in [1.29, 1.82) is 0 Å². The van der Waals surface area contributed by atoms with E-state index in [0.29, 0.717) is 6.61 Å². The fourth-order valence-electron chi connectivity index (χ4n) is 1.77. The number of aryl methyl sites for hydroxylation is 3. The van der Waals surface area contributed by atoms with Crippen molar-refractivity contribution in [1.82, 2.24) is 9.55 Å². The minimum Gasteiger partial charge on any atom is -0.487 e. The van der Waals surface area contributed by atoms with Crippen LogP contribution in [0.4, 0.5) is 0 Å². The van der Waals surface area contributed by atoms with Gasteiger partial charge in [-0.3, -0.25) is 0 Å². The van der Waals surface area contributed by atoms with Crippen LogP contribution >= 0.6 is 0 Å². The number of nitrogens with zero attached hydrogens (tertiary/aromatic N) is 2. The third kappa shape index (κ3) is 2.67. The number of hydrogen-bond acceptors (Lipinski definition) is 2. The van der Waals surface area contributed by atoms with E-state index in [1.54, 1.807) is 0 Å². The maximum absolute atomic E-state index is 5.84. The van der Waals surface area contributed by atoms with E-state index in [2.05, 4.69) is 48.5 Å². The molecule has 1 aromatic heterocycles. The van der Waals surface area contributed by atoms with Crippen LogP contribution in [0.15, 0.2) is 30.7 Å². The first-order valence-corrected chi connectivity index (χ1v) is 5.89. The van der Waals surface area contributed by atoms with Crippen molar-refractivity contribution in [2.45, 2.75) is 33.9 Å². The standard InChI is InChI=1S/C14H18N2O/c1-4-16-10-15-8-13(16)9-17-14-7-11(2)5-6-12(14)3/h5-8,10H,4,9H2,1-3H3. The zero-order valence-corrected chi connectivity index (χ0v) is 10.6. The van der Waals surface area contributed by atoms with Crippen molar-refractivity contribution in [3.8, 4) is 5.75 Å². The molecule has 0 aliphatic carbocycles. The van der Waals surface area contributed by atoms with Crippen LogP contribution in [-0.4, -0.2) is 9.55 Å². The molecular weight excluding hydrogens is 212 g/mol. The van der Waals surface area contributed by atoms with Crippen LogP contribution in [0, 0.1) is 13.8 Å². The molecule has 2 aromatic rings. The smallest absolute Gasteiger partial charge is 0.130 e. The second-order valence-corrected chi connectivity index (χ2v) is 4.23. The van der Waals surface area contributed by atoms with Gasteiger partial charge in [0, 0.05) is 6.54 Å². The topological polar surface area (TPSA) is 27.1 Å². The van der Waals surface area contributed by atoms with Gasteiger partial charge in [0.05, 0.1) is 18.2 Å². The maximum Gasteiger partial charge on any atom is 0.130 e. The third-order valence-electron chi connectivity index (χ3n) is 2.86. The molecule has 0 aliphatic heterocycles. The van der Waals surface area contributed by atoms with E-state index in [0.717, 1.165) is 23.6 Å². The predicted octanol–water partition coefficient (Wildman–Crippen LogP) is 3.10. The molecule has 1 heterocycles. The summed E-state index contributed by atoms with van der Waals surface area (Å²) < 4.78 is 7.93. The summed E-state index contributed by atoms with van der Waals surface area (Å²) in [6.07, 6.45) is 3.69. The lowest BCUT2D eigenvalue weighted by atomic mass is 10.1. The zero-order valence-electron chi connectivity index (χ0n) is 10.6. The molecule has 90 valence electrons. The number of hydrogen-bond donors (Lipinski definition) is 0. The molecule has 3 heteroatoms. The van der Waals surface area contributed by atoms with Crippen LogP contribution in [0.5, 0.6) is 5.75 Å². The molecule has 0 radical (unpaired) electrons. The molecule has 17 heavy (non-hydrogen) atoms. The molecule has 0 aliphatic rings. The Hall–Kier alpha value is -1.77. The molecule has 0 N–H and O–H groups in total. The predicted molar refractivity (Wildman–Crippen MR) is 68.1 cm³/mol. The van der Waals surface area contributed by atoms with Crippen LogP contribution in [-0.2, 0) is 13.2 Å². The highest BCUT2D eigenvalue weighted by molar-refractivity contribution is 5.36. The quantitative estimate of drug-likeness (QED) is 0.807. The average molecular weight is 230 g/mol. The summed E-state index contributed by atoms with van der Waals surface area (Å²) in [5, 5.41) is 0. The molecule has 0 fully saturated rings. The second-order valence-electron chi connectivity index (χ2n) is 4.23. The van der Waals surface area contributed by atoms with Gasteiger partial charge in [0.2, 0.25) is 0 Å². The normalized spacial score (nSPS) is 10.5. The van der Waals surface area contributed by atoms with Gasteiger partial charge in [-0.15, -0.1) is 0 Å². The fourth-order valence-corrected chi connectivity index (χ4v) is 1.77. The van der Waals surface area contributed by atoms with Crippen molar-refractivity contribution >= 4 is 0 Å². The summed E-state index contributed by atoms with van der Waals surface area (Å²) in [7, 11) is 0. The van der Waals surface area contributed by atoms with Gasteiger partial charge >= 0.3 is 0 Å². The maximum atomic E-state index is 5.84. The van der Waals surface area contributed by atoms with Gasteiger partial charge in [0.15, 0.2) is 0 Å². The first-order chi connectivity index (χ1) is 8.20. The molecule has 3 nitrogen and oxygen atoms in total. The number of imidazole rings is 1. The van der Waals surface area contributed by atoms with Crippen molar-refractivity contribution in [2.24, 2.45) is 0 Å². The van der Waals surface area contributed by atoms with Crippen LogP contribution in [0.3, 0.4) is 0 Å². The number of ether oxygens (including phenoxy) is 1. The lowest BCUT2D eigenvalue weighted by Crippen LogP contribution is -2.04. The average Bonchev–Trinajstić information content (AvgIpc) is 2.77. The van der Waals surface area contributed by atoms with Crippen LogP contribution < -0.4 is 4.74 Å². The Bertz CT molecular complexity index is 503. The second kappa shape index (κ2) is 5.04. The Morgan fingerprint density at radius 1 is 1.29 bits per heavy atom. The Morgan fingerprint density at radius 3 is 2.88 bits per heavy atom. The molecular formula is C14H18N2O. The summed E-state index contributed by atoms with van der Waals surface area (Å²) in [6.45, 7) is 7.72. The molecule has 1 aromatic carbocycles. The Kier molecular flexibility index (Phi) is 3.47. The van der Waals surface area contributed by atoms with E-state index in [4.69, 9.17) is 4.74 Å². The van der Waals surface area contributed by atoms with Crippen molar-refractivity contribution < 1.29 is 4.74 Å². The lowest BCUT2D eigenvalue weighted by molar-refractivity contribution is 0.293. The number of benzene rings is 1. The van der Waals surface area contributed by atoms with E-state index in [1.807, 2.05) is 12.5 Å². The van der Waals surface area contributed by atoms with Crippen LogP contribution in [0.1, 0.15) is 23.7 Å². The Labute approximate surface area is 102 Å². The van der Waals surface area contributed by atoms with E-state index in [1.165, 1.54) is 5.56 Å². The van der Waals surface area contributed by atoms with Crippen molar-refractivity contribution in [3.63, 3.8) is 0 Å². The molecule has 0 atom stereocenters. The van der Waals surface area contributed by atoms with E-state index in [-0.39, 0.29) is 0 Å². The molecule has 0 saturated carbocycles. The summed E-state index contributed by atoms with van der Waals surface area (Å²) in [4.78, 5) is 4.13. The summed E-state index contributed by atoms with van der Waals surface area (Å²) in [5.74, 6) is 0.953. The van der Waals surface area contributed by atoms with Crippen molar-refractivity contribution in [2.75, 3.05) is 0 Å². The Balaban J connectivity index is 2.09. The van der Waals surface area contributed by atoms with Gasteiger partial charge in [-0.1, -0.05) is 12.1 Å². The van der Waals surface area contributed by atoms with Gasteiger partial charge in [-0.25, -0.2) is 4.98 Å². The zero-order chi connectivity index (χ0) is 12.3. The number of aromatic nitrogens is 2. The molecule has 0 amide bonds. The van der Waals surface area contributed by atoms with E-state index in [9.17, 15) is 0 Å². The van der Waals surface area contributed by atoms with Gasteiger partial charge < -0.3 is 9.30 Å². The highest BCUT2D eigenvalue weighted by Gasteiger charge is 2.03. The Morgan fingerprint density at radius 2 is 2.12 bits per heavy atom. The molecule has 2 rings (SSSR count). The van der Waals surface area contributed by atoms with E-state index < -0.39 is 0 Å². The third-order valence-corrected chi connectivity index (χ3v) is 2.86. The SMILES string of the molecule is CCn1cncc1COc1cc(C)ccc1C. The monoisotopic (exact) mass is 230 g/mol. The summed E-state index contributed by atoms with van der Waals surface area (Å²) >= 11 is 0. The number of rotatable bonds is 4. The van der Waals surface area contributed by atoms with E-state index >= 15 is 0 Å². The van der Waals surface area contributed by atoms with Gasteiger partial charge in [0.1, 0.15) is 12.4 Å². The van der Waals surface area contributed by atoms with Crippen molar-refractivity contribution in [3.05, 3.63) is 47.5 Å².